The summed E-state index contributed by atoms with van der Waals surface area (Å²) in [5.74, 6) is 0. The van der Waals surface area contributed by atoms with Crippen LogP contribution in [0.1, 0.15) is 25.5 Å². The maximum atomic E-state index is 6.14. The van der Waals surface area contributed by atoms with Crippen LogP contribution in [0.5, 0.6) is 0 Å². The van der Waals surface area contributed by atoms with E-state index in [-0.39, 0.29) is 0 Å². The molecule has 0 aliphatic rings. The van der Waals surface area contributed by atoms with Crippen LogP contribution >= 0.6 is 39.3 Å². The second-order valence-electron chi connectivity index (χ2n) is 4.36. The van der Waals surface area contributed by atoms with Crippen LogP contribution in [0.4, 0.5) is 0 Å². The summed E-state index contributed by atoms with van der Waals surface area (Å²) >= 11 is 11.3. The van der Waals surface area contributed by atoms with Crippen molar-refractivity contribution in [2.45, 2.75) is 29.8 Å². The maximum Gasteiger partial charge on any atom is 0.119 e. The molecular formula is C15H16BrClN2S. The highest BCUT2D eigenvalue weighted by atomic mass is 79.9. The average molecular weight is 372 g/mol. The smallest absolute Gasteiger partial charge is 0.119 e. The predicted octanol–water partition coefficient (Wildman–Crippen LogP) is 5.32. The van der Waals surface area contributed by atoms with Gasteiger partial charge in [-0.25, -0.2) is 4.98 Å². The van der Waals surface area contributed by atoms with Gasteiger partial charge in [0.2, 0.25) is 0 Å². The van der Waals surface area contributed by atoms with Crippen LogP contribution < -0.4 is 5.32 Å². The van der Waals surface area contributed by atoms with E-state index in [0.717, 1.165) is 20.9 Å². The molecule has 0 aliphatic carbocycles. The van der Waals surface area contributed by atoms with Gasteiger partial charge in [0.25, 0.3) is 0 Å². The standard InChI is InChI=1S/C15H16BrClN2S/c1-3-18-10(2)11-6-7-14(12(16)9-11)20-15-13(17)5-4-8-19-15/h4-10,18H,3H2,1-2H3. The van der Waals surface area contributed by atoms with Gasteiger partial charge in [-0.05, 0) is 59.2 Å². The molecule has 1 aromatic heterocycles. The van der Waals surface area contributed by atoms with Gasteiger partial charge in [0.15, 0.2) is 0 Å². The number of benzene rings is 1. The fourth-order valence-electron chi connectivity index (χ4n) is 1.84. The second kappa shape index (κ2) is 7.46. The van der Waals surface area contributed by atoms with Crippen molar-refractivity contribution in [3.8, 4) is 0 Å². The lowest BCUT2D eigenvalue weighted by atomic mass is 10.1. The first-order chi connectivity index (χ1) is 9.61. The van der Waals surface area contributed by atoms with Crippen molar-refractivity contribution >= 4 is 39.3 Å². The monoisotopic (exact) mass is 370 g/mol. The van der Waals surface area contributed by atoms with Gasteiger partial charge in [-0.3, -0.25) is 0 Å². The number of hydrogen-bond donors (Lipinski definition) is 1. The summed E-state index contributed by atoms with van der Waals surface area (Å²) in [5, 5.41) is 4.90. The van der Waals surface area contributed by atoms with Crippen molar-refractivity contribution in [3.05, 3.63) is 51.6 Å². The lowest BCUT2D eigenvalue weighted by Crippen LogP contribution is -2.17. The SMILES string of the molecule is CCNC(C)c1ccc(Sc2ncccc2Cl)c(Br)c1. The van der Waals surface area contributed by atoms with E-state index in [9.17, 15) is 0 Å². The number of aromatic nitrogens is 1. The minimum absolute atomic E-state index is 0.341. The average Bonchev–Trinajstić information content (AvgIpc) is 2.43. The fourth-order valence-corrected chi connectivity index (χ4v) is 3.50. The molecule has 0 fully saturated rings. The molecule has 1 N–H and O–H groups in total. The molecule has 2 rings (SSSR count). The van der Waals surface area contributed by atoms with Gasteiger partial charge < -0.3 is 5.32 Å². The molecule has 0 saturated heterocycles. The predicted molar refractivity (Wildman–Crippen MR) is 89.6 cm³/mol. The Hall–Kier alpha value is -0.550. The molecule has 20 heavy (non-hydrogen) atoms. The molecule has 0 radical (unpaired) electrons. The summed E-state index contributed by atoms with van der Waals surface area (Å²) in [6.45, 7) is 5.23. The third kappa shape index (κ3) is 3.98. The number of pyridine rings is 1. The Bertz CT molecular complexity index is 592. The number of rotatable bonds is 5. The largest absolute Gasteiger partial charge is 0.310 e. The molecule has 0 saturated carbocycles. The van der Waals surface area contributed by atoms with Gasteiger partial charge in [-0.2, -0.15) is 0 Å². The van der Waals surface area contributed by atoms with Crippen LogP contribution in [0.3, 0.4) is 0 Å². The summed E-state index contributed by atoms with van der Waals surface area (Å²) in [6.07, 6.45) is 1.75. The molecule has 1 unspecified atom stereocenters. The van der Waals surface area contributed by atoms with E-state index in [1.807, 2.05) is 12.1 Å². The van der Waals surface area contributed by atoms with Crippen LogP contribution in [-0.2, 0) is 0 Å². The number of halogens is 2. The van der Waals surface area contributed by atoms with E-state index in [1.165, 1.54) is 5.56 Å². The molecule has 2 nitrogen and oxygen atoms in total. The third-order valence-corrected chi connectivity index (χ3v) is 5.33. The quantitative estimate of drug-likeness (QED) is 0.770. The first kappa shape index (κ1) is 15.8. The van der Waals surface area contributed by atoms with E-state index in [0.29, 0.717) is 11.1 Å². The zero-order valence-electron chi connectivity index (χ0n) is 11.4. The van der Waals surface area contributed by atoms with E-state index < -0.39 is 0 Å². The van der Waals surface area contributed by atoms with Crippen LogP contribution in [-0.4, -0.2) is 11.5 Å². The molecule has 1 atom stereocenters. The highest BCUT2D eigenvalue weighted by Crippen LogP contribution is 2.36. The molecule has 2 aromatic rings. The highest BCUT2D eigenvalue weighted by molar-refractivity contribution is 9.10. The maximum absolute atomic E-state index is 6.14. The van der Waals surface area contributed by atoms with E-state index in [4.69, 9.17) is 11.6 Å². The van der Waals surface area contributed by atoms with Crippen LogP contribution in [0.15, 0.2) is 50.9 Å². The normalized spacial score (nSPS) is 12.4. The first-order valence-electron chi connectivity index (χ1n) is 6.43. The molecule has 0 bridgehead atoms. The molecule has 1 heterocycles. The summed E-state index contributed by atoms with van der Waals surface area (Å²) in [4.78, 5) is 5.41. The van der Waals surface area contributed by atoms with E-state index in [2.05, 4.69) is 58.3 Å². The van der Waals surface area contributed by atoms with Crippen molar-refractivity contribution in [1.82, 2.24) is 10.3 Å². The van der Waals surface area contributed by atoms with E-state index >= 15 is 0 Å². The first-order valence-corrected chi connectivity index (χ1v) is 8.41. The van der Waals surface area contributed by atoms with Gasteiger partial charge in [-0.15, -0.1) is 0 Å². The van der Waals surface area contributed by atoms with Gasteiger partial charge >= 0.3 is 0 Å². The van der Waals surface area contributed by atoms with E-state index in [1.54, 1.807) is 18.0 Å². The Morgan fingerprint density at radius 1 is 1.40 bits per heavy atom. The van der Waals surface area contributed by atoms with Crippen LogP contribution in [0.2, 0.25) is 5.02 Å². The highest BCUT2D eigenvalue weighted by Gasteiger charge is 2.10. The Morgan fingerprint density at radius 3 is 2.85 bits per heavy atom. The third-order valence-electron chi connectivity index (χ3n) is 2.90. The summed E-state index contributed by atoms with van der Waals surface area (Å²) in [6, 6.07) is 10.4. The Morgan fingerprint density at radius 2 is 2.20 bits per heavy atom. The lowest BCUT2D eigenvalue weighted by molar-refractivity contribution is 0.597. The van der Waals surface area contributed by atoms with Gasteiger partial charge in [-0.1, -0.05) is 36.4 Å². The van der Waals surface area contributed by atoms with Crippen molar-refractivity contribution in [3.63, 3.8) is 0 Å². The molecule has 0 amide bonds. The zero-order chi connectivity index (χ0) is 14.5. The van der Waals surface area contributed by atoms with Gasteiger partial charge in [0, 0.05) is 21.6 Å². The summed E-state index contributed by atoms with van der Waals surface area (Å²) in [5.41, 5.74) is 1.26. The van der Waals surface area contributed by atoms with Crippen molar-refractivity contribution in [1.29, 1.82) is 0 Å². The van der Waals surface area contributed by atoms with Crippen molar-refractivity contribution in [2.24, 2.45) is 0 Å². The minimum Gasteiger partial charge on any atom is -0.310 e. The van der Waals surface area contributed by atoms with Crippen LogP contribution in [0.25, 0.3) is 0 Å². The molecule has 5 heteroatoms. The zero-order valence-corrected chi connectivity index (χ0v) is 14.5. The number of hydrogen-bond acceptors (Lipinski definition) is 3. The fraction of sp³-hybridized carbons (Fsp3) is 0.267. The van der Waals surface area contributed by atoms with Crippen molar-refractivity contribution in [2.75, 3.05) is 6.54 Å². The lowest BCUT2D eigenvalue weighted by Gasteiger charge is -2.14. The molecule has 0 aliphatic heterocycles. The Labute approximate surface area is 137 Å². The number of nitrogens with zero attached hydrogens (tertiary/aromatic N) is 1. The topological polar surface area (TPSA) is 24.9 Å². The Balaban J connectivity index is 2.20. The molecule has 106 valence electrons. The van der Waals surface area contributed by atoms with Gasteiger partial charge in [0.05, 0.1) is 5.02 Å². The van der Waals surface area contributed by atoms with Gasteiger partial charge in [0.1, 0.15) is 5.03 Å². The van der Waals surface area contributed by atoms with Crippen LogP contribution in [0, 0.1) is 0 Å². The summed E-state index contributed by atoms with van der Waals surface area (Å²) in [7, 11) is 0. The number of nitrogens with one attached hydrogen (secondary N) is 1. The minimum atomic E-state index is 0.341. The molecule has 0 spiro atoms. The second-order valence-corrected chi connectivity index (χ2v) is 6.65. The molecular weight excluding hydrogens is 356 g/mol. The van der Waals surface area contributed by atoms with Crippen molar-refractivity contribution < 1.29 is 0 Å². The summed E-state index contributed by atoms with van der Waals surface area (Å²) < 4.78 is 1.06. The Kier molecular flexibility index (Phi) is 5.90. The molecule has 1 aromatic carbocycles.